The molecule has 3 aromatic rings. The van der Waals surface area contributed by atoms with Crippen molar-refractivity contribution in [2.45, 2.75) is 11.8 Å². The predicted molar refractivity (Wildman–Crippen MR) is 80.4 cm³/mol. The number of aromatic nitrogens is 2. The van der Waals surface area contributed by atoms with Gasteiger partial charge in [-0.05, 0) is 41.7 Å². The first kappa shape index (κ1) is 14.3. The standard InChI is InChI=1S/C15H12N2O4S/c1-11-2-5-13(6-3-11)22(19,20)9-8-12-4-7-14-15(10-12)17(18)21-16-14/h2-10H,1H3/b9-8+. The lowest BCUT2D eigenvalue weighted by Crippen LogP contribution is -2.22. The van der Waals surface area contributed by atoms with E-state index >= 15 is 0 Å². The van der Waals surface area contributed by atoms with Crippen molar-refractivity contribution in [1.29, 1.82) is 0 Å². The highest BCUT2D eigenvalue weighted by molar-refractivity contribution is 7.94. The number of aryl methyl sites for hydroxylation is 1. The van der Waals surface area contributed by atoms with Gasteiger partial charge in [0.2, 0.25) is 11.0 Å². The van der Waals surface area contributed by atoms with E-state index in [4.69, 9.17) is 0 Å². The van der Waals surface area contributed by atoms with E-state index in [2.05, 4.69) is 9.79 Å². The molecule has 0 saturated heterocycles. The topological polar surface area (TPSA) is 87.1 Å². The van der Waals surface area contributed by atoms with Crippen molar-refractivity contribution < 1.29 is 17.9 Å². The van der Waals surface area contributed by atoms with E-state index < -0.39 is 9.84 Å². The van der Waals surface area contributed by atoms with Crippen molar-refractivity contribution in [1.82, 2.24) is 5.16 Å². The quantitative estimate of drug-likeness (QED) is 0.691. The van der Waals surface area contributed by atoms with Gasteiger partial charge in [-0.25, -0.2) is 8.42 Å². The molecule has 6 nitrogen and oxygen atoms in total. The van der Waals surface area contributed by atoms with Crippen LogP contribution in [0.15, 0.2) is 57.4 Å². The summed E-state index contributed by atoms with van der Waals surface area (Å²) in [7, 11) is -3.53. The molecule has 0 aliphatic heterocycles. The molecule has 1 aromatic heterocycles. The SMILES string of the molecule is Cc1ccc(S(=O)(=O)/C=C/c2ccc3no[n+]([O-])c3c2)cc1. The maximum absolute atomic E-state index is 12.2. The third-order valence-electron chi connectivity index (χ3n) is 3.20. The molecule has 2 aromatic carbocycles. The zero-order valence-electron chi connectivity index (χ0n) is 11.6. The molecule has 0 aliphatic carbocycles. The molecule has 3 rings (SSSR count). The summed E-state index contributed by atoms with van der Waals surface area (Å²) >= 11 is 0. The minimum Gasteiger partial charge on any atom is -0.359 e. The molecule has 0 spiro atoms. The van der Waals surface area contributed by atoms with Gasteiger partial charge < -0.3 is 5.21 Å². The molecule has 1 heterocycles. The molecule has 0 atom stereocenters. The van der Waals surface area contributed by atoms with Gasteiger partial charge in [0.1, 0.15) is 0 Å². The van der Waals surface area contributed by atoms with E-state index in [1.165, 1.54) is 12.1 Å². The summed E-state index contributed by atoms with van der Waals surface area (Å²) in [5.74, 6) is 0. The Hall–Kier alpha value is -2.67. The van der Waals surface area contributed by atoms with Crippen molar-refractivity contribution >= 4 is 26.9 Å². The zero-order valence-corrected chi connectivity index (χ0v) is 12.4. The summed E-state index contributed by atoms with van der Waals surface area (Å²) in [4.78, 5) is 0.500. The number of rotatable bonds is 3. The molecule has 0 amide bonds. The van der Waals surface area contributed by atoms with Gasteiger partial charge in [-0.3, -0.25) is 4.63 Å². The van der Waals surface area contributed by atoms with Crippen molar-refractivity contribution in [2.75, 3.05) is 0 Å². The minimum absolute atomic E-state index is 0.222. The zero-order chi connectivity index (χ0) is 15.7. The average molecular weight is 316 g/mol. The summed E-state index contributed by atoms with van der Waals surface area (Å²) in [6, 6.07) is 11.4. The van der Waals surface area contributed by atoms with Crippen LogP contribution in [-0.2, 0) is 9.84 Å². The number of hydrogen-bond donors (Lipinski definition) is 0. The van der Waals surface area contributed by atoms with E-state index in [1.807, 2.05) is 6.92 Å². The van der Waals surface area contributed by atoms with Crippen LogP contribution in [0.5, 0.6) is 0 Å². The van der Waals surface area contributed by atoms with Crippen molar-refractivity contribution in [3.63, 3.8) is 0 Å². The molecule has 0 N–H and O–H groups in total. The van der Waals surface area contributed by atoms with Gasteiger partial charge in [0.25, 0.3) is 0 Å². The van der Waals surface area contributed by atoms with Gasteiger partial charge in [0.15, 0.2) is 9.84 Å². The van der Waals surface area contributed by atoms with Gasteiger partial charge in [0.05, 0.1) is 4.90 Å². The number of hydrogen-bond acceptors (Lipinski definition) is 5. The predicted octanol–water partition coefficient (Wildman–Crippen LogP) is 2.21. The molecule has 0 fully saturated rings. The van der Waals surface area contributed by atoms with Gasteiger partial charge in [0, 0.05) is 16.6 Å². The van der Waals surface area contributed by atoms with Crippen LogP contribution in [0.3, 0.4) is 0 Å². The van der Waals surface area contributed by atoms with Crippen LogP contribution in [-0.4, -0.2) is 13.6 Å². The summed E-state index contributed by atoms with van der Waals surface area (Å²) in [6.07, 6.45) is 1.43. The second-order valence-corrected chi connectivity index (χ2v) is 6.67. The van der Waals surface area contributed by atoms with E-state index in [0.717, 1.165) is 11.0 Å². The van der Waals surface area contributed by atoms with Gasteiger partial charge in [-0.1, -0.05) is 23.8 Å². The van der Waals surface area contributed by atoms with Crippen molar-refractivity contribution in [2.24, 2.45) is 0 Å². The molecular formula is C15H12N2O4S. The number of fused-ring (bicyclic) bond motifs is 1. The molecule has 0 unspecified atom stereocenters. The molecule has 112 valence electrons. The van der Waals surface area contributed by atoms with Crippen LogP contribution in [0.2, 0.25) is 0 Å². The van der Waals surface area contributed by atoms with Crippen molar-refractivity contribution in [3.8, 4) is 0 Å². The smallest absolute Gasteiger partial charge is 0.248 e. The summed E-state index contributed by atoms with van der Waals surface area (Å²) in [5.41, 5.74) is 2.21. The summed E-state index contributed by atoms with van der Waals surface area (Å²) in [6.45, 7) is 1.89. The van der Waals surface area contributed by atoms with Crippen molar-refractivity contribution in [3.05, 3.63) is 64.2 Å². The fraction of sp³-hybridized carbons (Fsp3) is 0.0667. The highest BCUT2D eigenvalue weighted by atomic mass is 32.2. The van der Waals surface area contributed by atoms with Gasteiger partial charge >= 0.3 is 0 Å². The lowest BCUT2D eigenvalue weighted by Gasteiger charge is -1.99. The molecule has 22 heavy (non-hydrogen) atoms. The fourth-order valence-electron chi connectivity index (χ4n) is 1.97. The Kier molecular flexibility index (Phi) is 3.42. The first-order chi connectivity index (χ1) is 10.5. The third kappa shape index (κ3) is 2.71. The largest absolute Gasteiger partial charge is 0.359 e. The minimum atomic E-state index is -3.53. The monoisotopic (exact) mass is 316 g/mol. The Labute approximate surface area is 126 Å². The molecule has 0 saturated carbocycles. The Balaban J connectivity index is 1.94. The number of benzene rings is 2. The summed E-state index contributed by atoms with van der Waals surface area (Å²) in [5, 5.41) is 16.0. The normalized spacial score (nSPS) is 12.2. The average Bonchev–Trinajstić information content (AvgIpc) is 2.87. The van der Waals surface area contributed by atoms with Crippen LogP contribution in [0.1, 0.15) is 11.1 Å². The lowest BCUT2D eigenvalue weighted by molar-refractivity contribution is -0.782. The molecular weight excluding hydrogens is 304 g/mol. The van der Waals surface area contributed by atoms with Crippen LogP contribution in [0.25, 0.3) is 17.1 Å². The second-order valence-electron chi connectivity index (χ2n) is 4.84. The maximum atomic E-state index is 12.2. The summed E-state index contributed by atoms with van der Waals surface area (Å²) < 4.78 is 28.9. The highest BCUT2D eigenvalue weighted by Crippen LogP contribution is 2.16. The fourth-order valence-corrected chi connectivity index (χ4v) is 2.98. The van der Waals surface area contributed by atoms with Gasteiger partial charge in [-0.2, -0.15) is 0 Å². The number of sulfone groups is 1. The Morgan fingerprint density at radius 3 is 2.64 bits per heavy atom. The van der Waals surface area contributed by atoms with Gasteiger partial charge in [-0.15, -0.1) is 0 Å². The first-order valence-electron chi connectivity index (χ1n) is 6.45. The van der Waals surface area contributed by atoms with Crippen LogP contribution in [0, 0.1) is 12.1 Å². The van der Waals surface area contributed by atoms with E-state index in [1.54, 1.807) is 36.4 Å². The molecule has 7 heteroatoms. The van der Waals surface area contributed by atoms with E-state index in [-0.39, 0.29) is 15.3 Å². The highest BCUT2D eigenvalue weighted by Gasteiger charge is 2.11. The maximum Gasteiger partial charge on any atom is 0.248 e. The third-order valence-corrected chi connectivity index (χ3v) is 4.62. The molecule has 0 aliphatic rings. The molecule has 0 radical (unpaired) electrons. The van der Waals surface area contributed by atoms with Crippen LogP contribution < -0.4 is 4.90 Å². The van der Waals surface area contributed by atoms with Crippen LogP contribution in [0.4, 0.5) is 0 Å². The lowest BCUT2D eigenvalue weighted by atomic mass is 10.2. The Morgan fingerprint density at radius 2 is 1.91 bits per heavy atom. The van der Waals surface area contributed by atoms with Crippen LogP contribution >= 0.6 is 0 Å². The Morgan fingerprint density at radius 1 is 1.18 bits per heavy atom. The van der Waals surface area contributed by atoms with E-state index in [9.17, 15) is 13.6 Å². The second kappa shape index (κ2) is 5.27. The Bertz CT molecular complexity index is 957. The van der Waals surface area contributed by atoms with E-state index in [0.29, 0.717) is 11.1 Å². The number of nitrogens with zero attached hydrogens (tertiary/aromatic N) is 2. The first-order valence-corrected chi connectivity index (χ1v) is 8.00. The molecule has 0 bridgehead atoms.